The van der Waals surface area contributed by atoms with E-state index in [1.165, 1.54) is 30.4 Å². The average molecular weight is 387 g/mol. The molecule has 154 valence electrons. The van der Waals surface area contributed by atoms with Gasteiger partial charge in [-0.1, -0.05) is 19.3 Å². The second-order valence-corrected chi connectivity index (χ2v) is 9.16. The summed E-state index contributed by atoms with van der Waals surface area (Å²) in [7, 11) is 0. The minimum absolute atomic E-state index is 0.156. The number of amides is 1. The summed E-state index contributed by atoms with van der Waals surface area (Å²) in [5, 5.41) is 13.9. The van der Waals surface area contributed by atoms with Gasteiger partial charge in [0.15, 0.2) is 0 Å². The number of aryl methyl sites for hydroxylation is 2. The number of likely N-dealkylation sites (tertiary alicyclic amines) is 1. The van der Waals surface area contributed by atoms with Crippen LogP contribution in [0, 0.1) is 13.8 Å². The average Bonchev–Trinajstić information content (AvgIpc) is 2.66. The van der Waals surface area contributed by atoms with Crippen LogP contribution in [0.5, 0.6) is 5.75 Å². The van der Waals surface area contributed by atoms with Crippen LogP contribution in [0.15, 0.2) is 12.1 Å². The summed E-state index contributed by atoms with van der Waals surface area (Å²) in [5.41, 5.74) is 3.00. The molecule has 0 unspecified atom stereocenters. The van der Waals surface area contributed by atoms with Crippen LogP contribution in [0.3, 0.4) is 0 Å². The van der Waals surface area contributed by atoms with Gasteiger partial charge in [-0.05, 0) is 62.8 Å². The molecule has 2 heterocycles. The molecule has 2 aliphatic heterocycles. The first kappa shape index (κ1) is 19.7. The summed E-state index contributed by atoms with van der Waals surface area (Å²) >= 11 is 0. The standard InChI is InChI=1S/C23H34N2O3/c1-16-12-19-20(26)14-23(28-21(19)13-17(16)2)8-10-25(11-9-23)15-22(27)24-18-6-4-3-5-7-18/h12-13,18,20,26H,3-11,14-15H2,1-2H3,(H,24,27)/t20-/m0/s1. The van der Waals surface area contributed by atoms with Gasteiger partial charge < -0.3 is 15.2 Å². The molecule has 0 aromatic heterocycles. The van der Waals surface area contributed by atoms with Gasteiger partial charge in [-0.3, -0.25) is 9.69 Å². The third-order valence-corrected chi connectivity index (χ3v) is 6.98. The van der Waals surface area contributed by atoms with E-state index in [1.807, 2.05) is 0 Å². The van der Waals surface area contributed by atoms with Crippen molar-refractivity contribution in [3.05, 3.63) is 28.8 Å². The Balaban J connectivity index is 1.33. The minimum Gasteiger partial charge on any atom is -0.487 e. The maximum absolute atomic E-state index is 12.4. The monoisotopic (exact) mass is 386 g/mol. The molecule has 1 aliphatic carbocycles. The number of carbonyl (C=O) groups excluding carboxylic acids is 1. The van der Waals surface area contributed by atoms with Crippen LogP contribution in [0.1, 0.15) is 74.2 Å². The Bertz CT molecular complexity index is 719. The molecule has 1 atom stereocenters. The number of carbonyl (C=O) groups is 1. The van der Waals surface area contributed by atoms with Crippen LogP contribution in [0.2, 0.25) is 0 Å². The van der Waals surface area contributed by atoms with E-state index in [4.69, 9.17) is 4.74 Å². The van der Waals surface area contributed by atoms with E-state index >= 15 is 0 Å². The van der Waals surface area contributed by atoms with Gasteiger partial charge in [0.25, 0.3) is 0 Å². The van der Waals surface area contributed by atoms with Crippen molar-refractivity contribution in [3.63, 3.8) is 0 Å². The highest BCUT2D eigenvalue weighted by Gasteiger charge is 2.43. The third kappa shape index (κ3) is 4.20. The highest BCUT2D eigenvalue weighted by Crippen LogP contribution is 2.45. The second kappa shape index (κ2) is 8.03. The summed E-state index contributed by atoms with van der Waals surface area (Å²) in [6.45, 7) is 6.31. The van der Waals surface area contributed by atoms with Crippen molar-refractivity contribution in [1.82, 2.24) is 10.2 Å². The molecule has 1 saturated carbocycles. The van der Waals surface area contributed by atoms with Crippen LogP contribution in [0.4, 0.5) is 0 Å². The lowest BCUT2D eigenvalue weighted by Crippen LogP contribution is -2.52. The van der Waals surface area contributed by atoms with E-state index < -0.39 is 6.10 Å². The summed E-state index contributed by atoms with van der Waals surface area (Å²) in [5.74, 6) is 0.995. The van der Waals surface area contributed by atoms with Crippen molar-refractivity contribution in [2.75, 3.05) is 19.6 Å². The fourth-order valence-electron chi connectivity index (χ4n) is 5.05. The molecular formula is C23H34N2O3. The van der Waals surface area contributed by atoms with Gasteiger partial charge in [0, 0.05) is 31.1 Å². The van der Waals surface area contributed by atoms with Gasteiger partial charge in [-0.2, -0.15) is 0 Å². The Morgan fingerprint density at radius 1 is 1.18 bits per heavy atom. The number of aliphatic hydroxyl groups is 1. The van der Waals surface area contributed by atoms with Crippen LogP contribution >= 0.6 is 0 Å². The van der Waals surface area contributed by atoms with Gasteiger partial charge in [0.2, 0.25) is 5.91 Å². The highest BCUT2D eigenvalue weighted by molar-refractivity contribution is 5.78. The lowest BCUT2D eigenvalue weighted by atomic mass is 9.81. The molecule has 2 N–H and O–H groups in total. The number of nitrogens with zero attached hydrogens (tertiary/aromatic N) is 1. The Labute approximate surface area is 168 Å². The first-order chi connectivity index (χ1) is 13.4. The normalized spacial score (nSPS) is 25.2. The molecule has 1 spiro atoms. The number of hydrogen-bond donors (Lipinski definition) is 2. The lowest BCUT2D eigenvalue weighted by molar-refractivity contribution is -0.124. The molecule has 1 aromatic rings. The smallest absolute Gasteiger partial charge is 0.234 e. The number of aliphatic hydroxyl groups excluding tert-OH is 1. The molecule has 1 amide bonds. The molecular weight excluding hydrogens is 352 g/mol. The van der Waals surface area contributed by atoms with Crippen molar-refractivity contribution in [2.24, 2.45) is 0 Å². The van der Waals surface area contributed by atoms with Crippen LogP contribution in [-0.4, -0.2) is 47.2 Å². The number of fused-ring (bicyclic) bond motifs is 1. The van der Waals surface area contributed by atoms with Gasteiger partial charge >= 0.3 is 0 Å². The number of hydrogen-bond acceptors (Lipinski definition) is 4. The minimum atomic E-state index is -0.468. The molecule has 5 heteroatoms. The van der Waals surface area contributed by atoms with Gasteiger partial charge in [0.1, 0.15) is 11.4 Å². The van der Waals surface area contributed by atoms with E-state index in [0.29, 0.717) is 19.0 Å². The van der Waals surface area contributed by atoms with Gasteiger partial charge in [0.05, 0.1) is 12.6 Å². The zero-order valence-electron chi connectivity index (χ0n) is 17.3. The number of ether oxygens (including phenoxy) is 1. The summed E-state index contributed by atoms with van der Waals surface area (Å²) < 4.78 is 6.45. The first-order valence-electron chi connectivity index (χ1n) is 10.9. The molecule has 2 fully saturated rings. The summed E-state index contributed by atoms with van der Waals surface area (Å²) in [6, 6.07) is 4.50. The maximum atomic E-state index is 12.4. The van der Waals surface area contributed by atoms with E-state index in [0.717, 1.165) is 50.1 Å². The number of piperidine rings is 1. The molecule has 5 nitrogen and oxygen atoms in total. The predicted octanol–water partition coefficient (Wildman–Crippen LogP) is 3.40. The fourth-order valence-corrected chi connectivity index (χ4v) is 5.05. The van der Waals surface area contributed by atoms with Crippen molar-refractivity contribution in [3.8, 4) is 5.75 Å². The van der Waals surface area contributed by atoms with Crippen LogP contribution < -0.4 is 10.1 Å². The van der Waals surface area contributed by atoms with E-state index in [9.17, 15) is 9.90 Å². The molecule has 1 saturated heterocycles. The number of benzene rings is 1. The molecule has 4 rings (SSSR count). The fraction of sp³-hybridized carbons (Fsp3) is 0.696. The zero-order valence-corrected chi connectivity index (χ0v) is 17.3. The summed E-state index contributed by atoms with van der Waals surface area (Å²) in [4.78, 5) is 14.6. The van der Waals surface area contributed by atoms with Gasteiger partial charge in [-0.25, -0.2) is 0 Å². The Hall–Kier alpha value is -1.59. The molecule has 3 aliphatic rings. The molecule has 0 radical (unpaired) electrons. The SMILES string of the molecule is Cc1cc2c(cc1C)[C@@H](O)CC1(CCN(CC(=O)NC3CCCCC3)CC1)O2. The van der Waals surface area contributed by atoms with Crippen LogP contribution in [-0.2, 0) is 4.79 Å². The first-order valence-corrected chi connectivity index (χ1v) is 10.9. The maximum Gasteiger partial charge on any atom is 0.234 e. The number of rotatable bonds is 3. The van der Waals surface area contributed by atoms with Crippen LogP contribution in [0.25, 0.3) is 0 Å². The van der Waals surface area contributed by atoms with E-state index in [2.05, 4.69) is 36.2 Å². The highest BCUT2D eigenvalue weighted by atomic mass is 16.5. The van der Waals surface area contributed by atoms with Gasteiger partial charge in [-0.15, -0.1) is 0 Å². The zero-order chi connectivity index (χ0) is 19.7. The molecule has 0 bridgehead atoms. The quantitative estimate of drug-likeness (QED) is 0.836. The third-order valence-electron chi connectivity index (χ3n) is 6.98. The molecule has 1 aromatic carbocycles. The number of nitrogens with one attached hydrogen (secondary N) is 1. The predicted molar refractivity (Wildman–Crippen MR) is 110 cm³/mol. The lowest BCUT2D eigenvalue weighted by Gasteiger charge is -2.46. The van der Waals surface area contributed by atoms with Crippen molar-refractivity contribution in [1.29, 1.82) is 0 Å². The van der Waals surface area contributed by atoms with Crippen molar-refractivity contribution >= 4 is 5.91 Å². The topological polar surface area (TPSA) is 61.8 Å². The Kier molecular flexibility index (Phi) is 5.66. The Morgan fingerprint density at radius 3 is 2.57 bits per heavy atom. The van der Waals surface area contributed by atoms with Crippen molar-refractivity contribution < 1.29 is 14.6 Å². The van der Waals surface area contributed by atoms with E-state index in [1.54, 1.807) is 0 Å². The molecule has 28 heavy (non-hydrogen) atoms. The summed E-state index contributed by atoms with van der Waals surface area (Å²) in [6.07, 6.45) is 7.90. The van der Waals surface area contributed by atoms with Crippen molar-refractivity contribution in [2.45, 2.75) is 83.0 Å². The van der Waals surface area contributed by atoms with E-state index in [-0.39, 0.29) is 11.5 Å². The largest absolute Gasteiger partial charge is 0.487 e. The Morgan fingerprint density at radius 2 is 1.86 bits per heavy atom. The second-order valence-electron chi connectivity index (χ2n) is 9.16.